The van der Waals surface area contributed by atoms with E-state index in [9.17, 15) is 23.1 Å². The molecule has 1 heterocycles. The predicted octanol–water partition coefficient (Wildman–Crippen LogP) is 3.57. The van der Waals surface area contributed by atoms with Crippen molar-refractivity contribution in [2.75, 3.05) is 40.5 Å². The topological polar surface area (TPSA) is 68.2 Å². The average molecular weight is 411 g/mol. The minimum Gasteiger partial charge on any atom is -0.507 e. The minimum absolute atomic E-state index is 0.0465. The second-order valence-corrected chi connectivity index (χ2v) is 6.39. The highest BCUT2D eigenvalue weighted by Gasteiger charge is 2.34. The van der Waals surface area contributed by atoms with E-state index in [0.717, 1.165) is 6.07 Å². The third-order valence-corrected chi connectivity index (χ3v) is 4.65. The minimum atomic E-state index is -4.69. The first-order valence-electron chi connectivity index (χ1n) is 8.80. The summed E-state index contributed by atoms with van der Waals surface area (Å²) in [6.45, 7) is 1.20. The molecule has 1 fully saturated rings. The summed E-state index contributed by atoms with van der Waals surface area (Å²) < 4.78 is 55.6. The van der Waals surface area contributed by atoms with E-state index in [1.54, 1.807) is 0 Å². The molecule has 0 radical (unpaired) electrons. The summed E-state index contributed by atoms with van der Waals surface area (Å²) in [5, 5.41) is 10.4. The van der Waals surface area contributed by atoms with Crippen LogP contribution in [0.4, 0.5) is 13.2 Å². The van der Waals surface area contributed by atoms with E-state index < -0.39 is 23.4 Å². The monoisotopic (exact) mass is 411 g/mol. The molecule has 1 amide bonds. The largest absolute Gasteiger partial charge is 0.507 e. The Morgan fingerprint density at radius 1 is 1.07 bits per heavy atom. The Labute approximate surface area is 165 Å². The fourth-order valence-electron chi connectivity index (χ4n) is 3.17. The van der Waals surface area contributed by atoms with Crippen molar-refractivity contribution in [2.24, 2.45) is 0 Å². The third-order valence-electron chi connectivity index (χ3n) is 4.65. The van der Waals surface area contributed by atoms with Gasteiger partial charge in [0.05, 0.1) is 38.6 Å². The van der Waals surface area contributed by atoms with Gasteiger partial charge < -0.3 is 24.2 Å². The van der Waals surface area contributed by atoms with Crippen LogP contribution in [-0.4, -0.2) is 56.4 Å². The summed E-state index contributed by atoms with van der Waals surface area (Å²) in [6, 6.07) is 5.91. The van der Waals surface area contributed by atoms with Crippen molar-refractivity contribution in [3.8, 4) is 28.4 Å². The van der Waals surface area contributed by atoms with Crippen molar-refractivity contribution in [1.29, 1.82) is 0 Å². The number of ether oxygens (including phenoxy) is 3. The molecule has 9 heteroatoms. The Bertz CT molecular complexity index is 908. The summed E-state index contributed by atoms with van der Waals surface area (Å²) in [6.07, 6.45) is -4.69. The van der Waals surface area contributed by atoms with E-state index in [2.05, 4.69) is 0 Å². The number of hydrogen-bond acceptors (Lipinski definition) is 5. The van der Waals surface area contributed by atoms with Gasteiger partial charge in [-0.1, -0.05) is 6.07 Å². The molecule has 0 spiro atoms. The van der Waals surface area contributed by atoms with Gasteiger partial charge in [-0.3, -0.25) is 4.79 Å². The van der Waals surface area contributed by atoms with Gasteiger partial charge in [0.2, 0.25) is 0 Å². The number of rotatable bonds is 4. The molecule has 1 N–H and O–H groups in total. The highest BCUT2D eigenvalue weighted by molar-refractivity contribution is 6.03. The molecule has 1 aliphatic rings. The zero-order chi connectivity index (χ0) is 21.2. The average Bonchev–Trinajstić information content (AvgIpc) is 2.72. The summed E-state index contributed by atoms with van der Waals surface area (Å²) >= 11 is 0. The molecule has 1 saturated heterocycles. The zero-order valence-electron chi connectivity index (χ0n) is 15.9. The van der Waals surface area contributed by atoms with Gasteiger partial charge in [0.25, 0.3) is 5.91 Å². The molecule has 0 atom stereocenters. The summed E-state index contributed by atoms with van der Waals surface area (Å²) in [5.41, 5.74) is -1.03. The molecule has 0 saturated carbocycles. The van der Waals surface area contributed by atoms with Crippen LogP contribution >= 0.6 is 0 Å². The number of aromatic hydroxyl groups is 1. The molecule has 3 rings (SSSR count). The Balaban J connectivity index is 2.19. The predicted molar refractivity (Wildman–Crippen MR) is 98.4 cm³/mol. The molecule has 0 unspecified atom stereocenters. The Kier molecular flexibility index (Phi) is 5.88. The Hall–Kier alpha value is -2.94. The number of hydrogen-bond donors (Lipinski definition) is 1. The molecule has 0 bridgehead atoms. The Morgan fingerprint density at radius 2 is 1.72 bits per heavy atom. The highest BCUT2D eigenvalue weighted by Crippen LogP contribution is 2.41. The number of amides is 1. The van der Waals surface area contributed by atoms with Crippen LogP contribution in [0, 0.1) is 0 Å². The smallest absolute Gasteiger partial charge is 0.416 e. The van der Waals surface area contributed by atoms with Crippen LogP contribution in [0.1, 0.15) is 15.9 Å². The van der Waals surface area contributed by atoms with Crippen LogP contribution in [0.25, 0.3) is 11.1 Å². The molecule has 156 valence electrons. The van der Waals surface area contributed by atoms with Gasteiger partial charge in [0, 0.05) is 13.1 Å². The SMILES string of the molecule is COc1ccc(-c2cc(C(F)(F)F)cc(O)c2C(=O)N2CCOCC2)cc1OC. The van der Waals surface area contributed by atoms with Crippen molar-refractivity contribution < 1.29 is 37.3 Å². The van der Waals surface area contributed by atoms with Gasteiger partial charge in [-0.05, 0) is 35.4 Å². The molecule has 2 aromatic rings. The standard InChI is InChI=1S/C20H20F3NO5/c1-27-16-4-3-12(9-17(16)28-2)14-10-13(20(21,22)23)11-15(25)18(14)19(26)24-5-7-29-8-6-24/h3-4,9-11,25H,5-8H2,1-2H3. The molecule has 0 aliphatic carbocycles. The van der Waals surface area contributed by atoms with Crippen LogP contribution in [0.2, 0.25) is 0 Å². The van der Waals surface area contributed by atoms with E-state index >= 15 is 0 Å². The zero-order valence-corrected chi connectivity index (χ0v) is 15.9. The molecular formula is C20H20F3NO5. The van der Waals surface area contributed by atoms with Crippen molar-refractivity contribution in [3.05, 3.63) is 41.5 Å². The molecular weight excluding hydrogens is 391 g/mol. The third kappa shape index (κ3) is 4.24. The summed E-state index contributed by atoms with van der Waals surface area (Å²) in [5.74, 6) is -0.634. The van der Waals surface area contributed by atoms with Crippen LogP contribution in [0.3, 0.4) is 0 Å². The van der Waals surface area contributed by atoms with E-state index in [4.69, 9.17) is 14.2 Å². The van der Waals surface area contributed by atoms with Crippen molar-refractivity contribution in [2.45, 2.75) is 6.18 Å². The number of morpholine rings is 1. The first-order chi connectivity index (χ1) is 13.8. The van der Waals surface area contributed by atoms with E-state index in [1.165, 1.54) is 37.3 Å². The summed E-state index contributed by atoms with van der Waals surface area (Å²) in [7, 11) is 2.83. The number of carbonyl (C=O) groups is 1. The van der Waals surface area contributed by atoms with Crippen LogP contribution in [-0.2, 0) is 10.9 Å². The number of benzene rings is 2. The lowest BCUT2D eigenvalue weighted by Crippen LogP contribution is -2.41. The second-order valence-electron chi connectivity index (χ2n) is 6.39. The number of alkyl halides is 3. The maximum atomic E-state index is 13.3. The number of carbonyl (C=O) groups excluding carboxylic acids is 1. The fourth-order valence-corrected chi connectivity index (χ4v) is 3.17. The van der Waals surface area contributed by atoms with Crippen LogP contribution in [0.5, 0.6) is 17.2 Å². The van der Waals surface area contributed by atoms with Crippen molar-refractivity contribution in [3.63, 3.8) is 0 Å². The van der Waals surface area contributed by atoms with Crippen molar-refractivity contribution in [1.82, 2.24) is 4.90 Å². The summed E-state index contributed by atoms with van der Waals surface area (Å²) in [4.78, 5) is 14.5. The number of phenols is 1. The number of halogens is 3. The molecule has 1 aliphatic heterocycles. The molecule has 29 heavy (non-hydrogen) atoms. The highest BCUT2D eigenvalue weighted by atomic mass is 19.4. The number of methoxy groups -OCH3 is 2. The van der Waals surface area contributed by atoms with Gasteiger partial charge in [0.15, 0.2) is 11.5 Å². The lowest BCUT2D eigenvalue weighted by molar-refractivity contribution is -0.137. The first kappa shape index (κ1) is 20.8. The lowest BCUT2D eigenvalue weighted by Gasteiger charge is -2.28. The van der Waals surface area contributed by atoms with Crippen molar-refractivity contribution >= 4 is 5.91 Å². The molecule has 6 nitrogen and oxygen atoms in total. The first-order valence-corrected chi connectivity index (χ1v) is 8.80. The maximum Gasteiger partial charge on any atom is 0.416 e. The molecule has 2 aromatic carbocycles. The van der Waals surface area contributed by atoms with Crippen LogP contribution < -0.4 is 9.47 Å². The lowest BCUT2D eigenvalue weighted by atomic mass is 9.94. The van der Waals surface area contributed by atoms with E-state index in [-0.39, 0.29) is 35.5 Å². The quantitative estimate of drug-likeness (QED) is 0.833. The van der Waals surface area contributed by atoms with Gasteiger partial charge in [-0.25, -0.2) is 0 Å². The number of nitrogens with zero attached hydrogens (tertiary/aromatic N) is 1. The van der Waals surface area contributed by atoms with Gasteiger partial charge in [-0.2, -0.15) is 13.2 Å². The molecule has 0 aromatic heterocycles. The van der Waals surface area contributed by atoms with Crippen LogP contribution in [0.15, 0.2) is 30.3 Å². The van der Waals surface area contributed by atoms with E-state index in [1.807, 2.05) is 0 Å². The second kappa shape index (κ2) is 8.20. The van der Waals surface area contributed by atoms with Gasteiger partial charge >= 0.3 is 6.18 Å². The fraction of sp³-hybridized carbons (Fsp3) is 0.350. The van der Waals surface area contributed by atoms with Gasteiger partial charge in [-0.15, -0.1) is 0 Å². The van der Waals surface area contributed by atoms with E-state index in [0.29, 0.717) is 25.0 Å². The normalized spacial score (nSPS) is 14.6. The van der Waals surface area contributed by atoms with Gasteiger partial charge in [0.1, 0.15) is 5.75 Å². The number of phenolic OH excluding ortho intramolecular Hbond substituents is 1. The maximum absolute atomic E-state index is 13.3. The Morgan fingerprint density at radius 3 is 2.31 bits per heavy atom.